The molecule has 3 aromatic carbocycles. The van der Waals surface area contributed by atoms with E-state index in [0.717, 1.165) is 27.8 Å². The number of rotatable bonds is 6. The van der Waals surface area contributed by atoms with Gasteiger partial charge in [-0.3, -0.25) is 0 Å². The van der Waals surface area contributed by atoms with Crippen molar-refractivity contribution in [3.8, 4) is 22.3 Å². The molecule has 9 heteroatoms. The number of imidazole rings is 1. The molecular weight excluding hydrogens is 494 g/mol. The maximum Gasteiger partial charge on any atom is 0.175 e. The number of hydrogen-bond acceptors (Lipinski definition) is 6. The SMILES string of the molecule is Cc1c(Cl)ccc(-c2ccccc2)c1-c1ccc(S(C)(=O)=O)c(C(C)Nc2ncnc3[nH]cnc23)c1. The van der Waals surface area contributed by atoms with E-state index in [2.05, 4.69) is 25.3 Å². The summed E-state index contributed by atoms with van der Waals surface area (Å²) in [6, 6.07) is 19.0. The second-order valence-corrected chi connectivity index (χ2v) is 11.1. The second-order valence-electron chi connectivity index (χ2n) is 8.67. The molecular formula is C27H24ClN5O2S. The lowest BCUT2D eigenvalue weighted by Crippen LogP contribution is -2.13. The number of fused-ring (bicyclic) bond motifs is 1. The minimum Gasteiger partial charge on any atom is -0.362 e. The number of aromatic amines is 1. The van der Waals surface area contributed by atoms with Crippen LogP contribution in [-0.4, -0.2) is 34.6 Å². The monoisotopic (exact) mass is 517 g/mol. The largest absolute Gasteiger partial charge is 0.362 e. The molecule has 0 aliphatic heterocycles. The van der Waals surface area contributed by atoms with E-state index >= 15 is 0 Å². The molecule has 182 valence electrons. The zero-order valence-electron chi connectivity index (χ0n) is 19.9. The highest BCUT2D eigenvalue weighted by molar-refractivity contribution is 7.90. The number of H-pyrrole nitrogens is 1. The Bertz CT molecular complexity index is 1680. The number of anilines is 1. The summed E-state index contributed by atoms with van der Waals surface area (Å²) in [6.45, 7) is 3.88. The Balaban J connectivity index is 1.67. The van der Waals surface area contributed by atoms with E-state index in [0.29, 0.717) is 27.6 Å². The van der Waals surface area contributed by atoms with Crippen LogP contribution in [0, 0.1) is 6.92 Å². The number of nitrogens with one attached hydrogen (secondary N) is 2. The van der Waals surface area contributed by atoms with Gasteiger partial charge in [0.25, 0.3) is 0 Å². The van der Waals surface area contributed by atoms with Gasteiger partial charge in [0, 0.05) is 11.3 Å². The highest BCUT2D eigenvalue weighted by atomic mass is 35.5. The molecule has 0 radical (unpaired) electrons. The van der Waals surface area contributed by atoms with E-state index in [1.807, 2.05) is 68.4 Å². The lowest BCUT2D eigenvalue weighted by atomic mass is 9.89. The summed E-state index contributed by atoms with van der Waals surface area (Å²) in [5, 5.41) is 3.97. The molecule has 1 unspecified atom stereocenters. The molecule has 36 heavy (non-hydrogen) atoms. The standard InChI is InChI=1S/C27H24ClN5O2S/c1-16-22(28)11-10-20(18-7-5-4-6-8-18)24(16)19-9-12-23(36(3,34)35)21(13-19)17(2)33-27-25-26(30-14-29-25)31-15-32-27/h4-15,17H,1-3H3,(H2,29,30,31,32,33). The first-order valence-electron chi connectivity index (χ1n) is 11.3. The summed E-state index contributed by atoms with van der Waals surface area (Å²) in [5.41, 5.74) is 6.62. The van der Waals surface area contributed by atoms with Gasteiger partial charge in [-0.2, -0.15) is 0 Å². The first-order chi connectivity index (χ1) is 17.2. The third kappa shape index (κ3) is 4.45. The summed E-state index contributed by atoms with van der Waals surface area (Å²) in [5.74, 6) is 0.516. The van der Waals surface area contributed by atoms with E-state index in [1.54, 1.807) is 12.4 Å². The number of sulfone groups is 1. The van der Waals surface area contributed by atoms with Gasteiger partial charge in [0.1, 0.15) is 11.8 Å². The molecule has 5 aromatic rings. The molecule has 0 saturated heterocycles. The van der Waals surface area contributed by atoms with Gasteiger partial charge < -0.3 is 10.3 Å². The fourth-order valence-electron chi connectivity index (χ4n) is 4.45. The fraction of sp³-hybridized carbons (Fsp3) is 0.148. The van der Waals surface area contributed by atoms with Crippen molar-refractivity contribution in [2.45, 2.75) is 24.8 Å². The molecule has 2 aromatic heterocycles. The number of halogens is 1. The maximum atomic E-state index is 12.7. The Labute approximate surface area is 214 Å². The van der Waals surface area contributed by atoms with Crippen LogP contribution in [0.2, 0.25) is 5.02 Å². The molecule has 0 bridgehead atoms. The summed E-state index contributed by atoms with van der Waals surface area (Å²) in [7, 11) is -3.50. The van der Waals surface area contributed by atoms with Crippen LogP contribution in [0.1, 0.15) is 24.1 Å². The first-order valence-corrected chi connectivity index (χ1v) is 13.6. The summed E-state index contributed by atoms with van der Waals surface area (Å²) in [4.78, 5) is 16.0. The van der Waals surface area contributed by atoms with Crippen LogP contribution in [0.15, 0.2) is 78.2 Å². The molecule has 0 aliphatic carbocycles. The van der Waals surface area contributed by atoms with Gasteiger partial charge in [0.2, 0.25) is 0 Å². The maximum absolute atomic E-state index is 12.7. The molecule has 5 rings (SSSR count). The van der Waals surface area contributed by atoms with Crippen molar-refractivity contribution >= 4 is 38.4 Å². The number of nitrogens with zero attached hydrogens (tertiary/aromatic N) is 3. The highest BCUT2D eigenvalue weighted by Gasteiger charge is 2.22. The van der Waals surface area contributed by atoms with Gasteiger partial charge in [-0.05, 0) is 65.4 Å². The smallest absolute Gasteiger partial charge is 0.175 e. The average molecular weight is 518 g/mol. The van der Waals surface area contributed by atoms with Gasteiger partial charge >= 0.3 is 0 Å². The second kappa shape index (κ2) is 9.37. The van der Waals surface area contributed by atoms with Crippen LogP contribution in [0.3, 0.4) is 0 Å². The quantitative estimate of drug-likeness (QED) is 0.277. The molecule has 2 N–H and O–H groups in total. The lowest BCUT2D eigenvalue weighted by Gasteiger charge is -2.21. The Morgan fingerprint density at radius 2 is 1.75 bits per heavy atom. The van der Waals surface area contributed by atoms with E-state index < -0.39 is 15.9 Å². The number of aromatic nitrogens is 4. The third-order valence-corrected chi connectivity index (χ3v) is 7.80. The van der Waals surface area contributed by atoms with Crippen molar-refractivity contribution in [3.05, 3.63) is 89.5 Å². The molecule has 7 nitrogen and oxygen atoms in total. The van der Waals surface area contributed by atoms with Crippen molar-refractivity contribution in [3.63, 3.8) is 0 Å². The van der Waals surface area contributed by atoms with Crippen molar-refractivity contribution < 1.29 is 8.42 Å². The van der Waals surface area contributed by atoms with Crippen LogP contribution >= 0.6 is 11.6 Å². The average Bonchev–Trinajstić information content (AvgIpc) is 3.35. The van der Waals surface area contributed by atoms with E-state index in [4.69, 9.17) is 11.6 Å². The van der Waals surface area contributed by atoms with Crippen LogP contribution in [0.4, 0.5) is 5.82 Å². The van der Waals surface area contributed by atoms with Crippen LogP contribution in [0.25, 0.3) is 33.4 Å². The molecule has 0 saturated carbocycles. The van der Waals surface area contributed by atoms with E-state index in [9.17, 15) is 8.42 Å². The molecule has 0 aliphatic rings. The zero-order valence-corrected chi connectivity index (χ0v) is 21.5. The molecule has 0 fully saturated rings. The van der Waals surface area contributed by atoms with Crippen molar-refractivity contribution in [1.29, 1.82) is 0 Å². The number of hydrogen-bond donors (Lipinski definition) is 2. The fourth-order valence-corrected chi connectivity index (χ4v) is 5.59. The topological polar surface area (TPSA) is 101 Å². The minimum atomic E-state index is -3.50. The molecule has 1 atom stereocenters. The summed E-state index contributed by atoms with van der Waals surface area (Å²) in [6.07, 6.45) is 4.20. The lowest BCUT2D eigenvalue weighted by molar-refractivity contribution is 0.600. The van der Waals surface area contributed by atoms with Crippen LogP contribution in [0.5, 0.6) is 0 Å². The van der Waals surface area contributed by atoms with E-state index in [1.165, 1.54) is 12.6 Å². The van der Waals surface area contributed by atoms with Gasteiger partial charge in [0.15, 0.2) is 21.3 Å². The molecule has 0 amide bonds. The minimum absolute atomic E-state index is 0.250. The normalized spacial score (nSPS) is 12.6. The Morgan fingerprint density at radius 3 is 2.50 bits per heavy atom. The summed E-state index contributed by atoms with van der Waals surface area (Å²) >= 11 is 6.55. The zero-order chi connectivity index (χ0) is 25.4. The van der Waals surface area contributed by atoms with Gasteiger partial charge in [-0.25, -0.2) is 23.4 Å². The van der Waals surface area contributed by atoms with Crippen molar-refractivity contribution in [1.82, 2.24) is 19.9 Å². The Hall–Kier alpha value is -3.75. The van der Waals surface area contributed by atoms with Crippen molar-refractivity contribution in [2.24, 2.45) is 0 Å². The van der Waals surface area contributed by atoms with Gasteiger partial charge in [0.05, 0.1) is 17.3 Å². The van der Waals surface area contributed by atoms with Gasteiger partial charge in [-0.15, -0.1) is 0 Å². The Kier molecular flexibility index (Phi) is 6.24. The highest BCUT2D eigenvalue weighted by Crippen LogP contribution is 2.40. The molecule has 0 spiro atoms. The van der Waals surface area contributed by atoms with E-state index in [-0.39, 0.29) is 4.90 Å². The van der Waals surface area contributed by atoms with Crippen LogP contribution in [-0.2, 0) is 9.84 Å². The van der Waals surface area contributed by atoms with Crippen molar-refractivity contribution in [2.75, 3.05) is 11.6 Å². The molecule has 2 heterocycles. The predicted molar refractivity (Wildman–Crippen MR) is 144 cm³/mol. The third-order valence-electron chi connectivity index (χ3n) is 6.22. The van der Waals surface area contributed by atoms with Gasteiger partial charge in [-0.1, -0.05) is 54.1 Å². The van der Waals surface area contributed by atoms with Crippen LogP contribution < -0.4 is 5.32 Å². The number of benzene rings is 3. The predicted octanol–water partition coefficient (Wildman–Crippen LogP) is 6.23. The first kappa shape index (κ1) is 24.0. The Morgan fingerprint density at radius 1 is 0.972 bits per heavy atom. The summed E-state index contributed by atoms with van der Waals surface area (Å²) < 4.78 is 25.5.